The molecule has 1 aliphatic rings. The van der Waals surface area contributed by atoms with Crippen LogP contribution in [0.2, 0.25) is 0 Å². The summed E-state index contributed by atoms with van der Waals surface area (Å²) >= 11 is 0. The minimum Gasteiger partial charge on any atom is -0.450 e. The summed E-state index contributed by atoms with van der Waals surface area (Å²) in [5.74, 6) is 0. The van der Waals surface area contributed by atoms with Crippen LogP contribution in [0.5, 0.6) is 0 Å². The second-order valence-electron chi connectivity index (χ2n) is 5.98. The molecular formula is C19H13F3N4O2. The Morgan fingerprint density at radius 2 is 1.61 bits per heavy atom. The van der Waals surface area contributed by atoms with E-state index in [-0.39, 0.29) is 5.56 Å². The van der Waals surface area contributed by atoms with Crippen LogP contribution in [0.1, 0.15) is 5.56 Å². The number of alkyl halides is 3. The molecule has 1 heterocycles. The number of amides is 1. The Labute approximate surface area is 156 Å². The SMILES string of the molecule is COC(=O)N1N=C(c2c3ccccc3cc3ccccc23)C(C(F)(F)F)=NN1. The lowest BCUT2D eigenvalue weighted by atomic mass is 9.92. The molecule has 3 aromatic rings. The summed E-state index contributed by atoms with van der Waals surface area (Å²) in [6.07, 6.45) is -5.78. The monoisotopic (exact) mass is 386 g/mol. The van der Waals surface area contributed by atoms with Crippen molar-refractivity contribution in [2.24, 2.45) is 10.2 Å². The first kappa shape index (κ1) is 17.8. The van der Waals surface area contributed by atoms with E-state index in [1.807, 2.05) is 11.6 Å². The van der Waals surface area contributed by atoms with Crippen molar-refractivity contribution >= 4 is 39.1 Å². The molecule has 0 spiro atoms. The summed E-state index contributed by atoms with van der Waals surface area (Å²) in [6.45, 7) is 0. The van der Waals surface area contributed by atoms with Crippen LogP contribution in [0.15, 0.2) is 64.8 Å². The van der Waals surface area contributed by atoms with Gasteiger partial charge in [0.2, 0.25) is 0 Å². The molecule has 0 bridgehead atoms. The van der Waals surface area contributed by atoms with E-state index in [1.54, 1.807) is 48.5 Å². The third-order valence-electron chi connectivity index (χ3n) is 4.30. The van der Waals surface area contributed by atoms with Gasteiger partial charge in [0.1, 0.15) is 5.71 Å². The van der Waals surface area contributed by atoms with Crippen LogP contribution in [0.25, 0.3) is 21.5 Å². The molecule has 1 N–H and O–H groups in total. The van der Waals surface area contributed by atoms with E-state index in [0.717, 1.165) is 17.9 Å². The second-order valence-corrected chi connectivity index (χ2v) is 5.98. The van der Waals surface area contributed by atoms with Crippen LogP contribution >= 0.6 is 0 Å². The third-order valence-corrected chi connectivity index (χ3v) is 4.30. The smallest absolute Gasteiger partial charge is 0.450 e. The van der Waals surface area contributed by atoms with Crippen molar-refractivity contribution in [3.05, 3.63) is 60.2 Å². The van der Waals surface area contributed by atoms with Crippen LogP contribution < -0.4 is 5.53 Å². The van der Waals surface area contributed by atoms with Crippen LogP contribution in [0.3, 0.4) is 0 Å². The molecule has 0 saturated heterocycles. The van der Waals surface area contributed by atoms with Gasteiger partial charge in [-0.1, -0.05) is 53.6 Å². The molecule has 9 heteroatoms. The lowest BCUT2D eigenvalue weighted by Gasteiger charge is -2.24. The van der Waals surface area contributed by atoms with Gasteiger partial charge in [-0.15, -0.1) is 5.10 Å². The Kier molecular flexibility index (Phi) is 4.14. The zero-order chi connectivity index (χ0) is 19.9. The van der Waals surface area contributed by atoms with Gasteiger partial charge in [0.05, 0.1) is 7.11 Å². The summed E-state index contributed by atoms with van der Waals surface area (Å²) < 4.78 is 45.6. The van der Waals surface area contributed by atoms with Crippen molar-refractivity contribution in [3.63, 3.8) is 0 Å². The molecule has 0 atom stereocenters. The maximum absolute atomic E-state index is 13.7. The highest BCUT2D eigenvalue weighted by Gasteiger charge is 2.43. The number of ether oxygens (including phenoxy) is 1. The Morgan fingerprint density at radius 3 is 2.14 bits per heavy atom. The minimum absolute atomic E-state index is 0.236. The van der Waals surface area contributed by atoms with Crippen molar-refractivity contribution in [3.8, 4) is 0 Å². The number of hydrogen-bond acceptors (Lipinski definition) is 5. The van der Waals surface area contributed by atoms with E-state index in [4.69, 9.17) is 0 Å². The van der Waals surface area contributed by atoms with Gasteiger partial charge in [0.25, 0.3) is 0 Å². The Hall–Kier alpha value is -3.62. The number of methoxy groups -OCH3 is 1. The fraction of sp³-hybridized carbons (Fsp3) is 0.105. The molecule has 0 unspecified atom stereocenters. The molecule has 4 rings (SSSR count). The number of benzene rings is 3. The van der Waals surface area contributed by atoms with Gasteiger partial charge in [-0.2, -0.15) is 23.8 Å². The summed E-state index contributed by atoms with van der Waals surface area (Å²) in [5, 5.41) is 10.4. The average molecular weight is 386 g/mol. The molecule has 1 aliphatic heterocycles. The second kappa shape index (κ2) is 6.52. The lowest BCUT2D eigenvalue weighted by molar-refractivity contribution is -0.0581. The van der Waals surface area contributed by atoms with E-state index in [9.17, 15) is 18.0 Å². The Bertz CT molecular complexity index is 1100. The molecule has 0 radical (unpaired) electrons. The minimum atomic E-state index is -4.79. The quantitative estimate of drug-likeness (QED) is 0.638. The number of nitrogens with zero attached hydrogens (tertiary/aromatic N) is 3. The number of carbonyl (C=O) groups is 1. The zero-order valence-electron chi connectivity index (χ0n) is 14.5. The summed E-state index contributed by atoms with van der Waals surface area (Å²) in [4.78, 5) is 11.8. The van der Waals surface area contributed by atoms with Crippen molar-refractivity contribution in [1.82, 2.24) is 10.7 Å². The number of halogens is 3. The molecule has 0 aromatic heterocycles. The van der Waals surface area contributed by atoms with E-state index in [0.29, 0.717) is 15.9 Å². The molecule has 0 saturated carbocycles. The largest absolute Gasteiger partial charge is 0.451 e. The number of hydrazone groups is 2. The van der Waals surface area contributed by atoms with Gasteiger partial charge in [0.15, 0.2) is 5.71 Å². The average Bonchev–Trinajstić information content (AvgIpc) is 2.70. The molecule has 28 heavy (non-hydrogen) atoms. The van der Waals surface area contributed by atoms with E-state index >= 15 is 0 Å². The third kappa shape index (κ3) is 2.90. The summed E-state index contributed by atoms with van der Waals surface area (Å²) in [7, 11) is 1.09. The molecule has 3 aromatic carbocycles. The van der Waals surface area contributed by atoms with Gasteiger partial charge in [-0.25, -0.2) is 4.79 Å². The van der Waals surface area contributed by atoms with Gasteiger partial charge < -0.3 is 4.74 Å². The predicted molar refractivity (Wildman–Crippen MR) is 98.9 cm³/mol. The van der Waals surface area contributed by atoms with Gasteiger partial charge in [-0.3, -0.25) is 0 Å². The Balaban J connectivity index is 2.08. The number of hydrogen-bond donors (Lipinski definition) is 1. The number of carbonyl (C=O) groups excluding carboxylic acids is 1. The highest BCUT2D eigenvalue weighted by atomic mass is 19.4. The van der Waals surface area contributed by atoms with Crippen LogP contribution in [0.4, 0.5) is 18.0 Å². The van der Waals surface area contributed by atoms with Crippen LogP contribution in [-0.2, 0) is 4.74 Å². The molecule has 6 nitrogen and oxygen atoms in total. The molecule has 0 fully saturated rings. The molecule has 1 amide bonds. The fourth-order valence-corrected chi connectivity index (χ4v) is 3.12. The first-order valence-electron chi connectivity index (χ1n) is 8.18. The number of hydrazine groups is 1. The highest BCUT2D eigenvalue weighted by molar-refractivity contribution is 6.54. The zero-order valence-corrected chi connectivity index (χ0v) is 14.5. The van der Waals surface area contributed by atoms with Crippen LogP contribution in [-0.4, -0.2) is 35.9 Å². The topological polar surface area (TPSA) is 66.3 Å². The maximum atomic E-state index is 13.7. The van der Waals surface area contributed by atoms with Gasteiger partial charge >= 0.3 is 12.3 Å². The van der Waals surface area contributed by atoms with Gasteiger partial charge in [0, 0.05) is 5.56 Å². The first-order valence-corrected chi connectivity index (χ1v) is 8.18. The van der Waals surface area contributed by atoms with Gasteiger partial charge in [-0.05, 0) is 27.6 Å². The van der Waals surface area contributed by atoms with Crippen molar-refractivity contribution < 1.29 is 22.7 Å². The van der Waals surface area contributed by atoms with E-state index in [2.05, 4.69) is 14.9 Å². The van der Waals surface area contributed by atoms with Crippen LogP contribution in [0, 0.1) is 0 Å². The maximum Gasteiger partial charge on any atom is 0.451 e. The van der Waals surface area contributed by atoms with Crippen molar-refractivity contribution in [1.29, 1.82) is 0 Å². The van der Waals surface area contributed by atoms with E-state index in [1.165, 1.54) is 0 Å². The van der Waals surface area contributed by atoms with Crippen molar-refractivity contribution in [2.45, 2.75) is 6.18 Å². The number of rotatable bonds is 1. The number of nitrogens with one attached hydrogen (secondary N) is 1. The highest BCUT2D eigenvalue weighted by Crippen LogP contribution is 2.32. The number of fused-ring (bicyclic) bond motifs is 2. The van der Waals surface area contributed by atoms with Crippen molar-refractivity contribution in [2.75, 3.05) is 7.11 Å². The lowest BCUT2D eigenvalue weighted by Crippen LogP contribution is -2.46. The normalized spacial score (nSPS) is 14.5. The first-order chi connectivity index (χ1) is 13.4. The summed E-state index contributed by atoms with van der Waals surface area (Å²) in [5.41, 5.74) is 0.502. The standard InChI is InChI=1S/C19H13F3N4O2/c1-28-18(27)26-24-16(17(23-25-26)19(20,21)22)15-13-8-4-2-6-11(13)10-12-7-3-5-9-14(12)15/h2-10,25H,1H3. The molecule has 142 valence electrons. The Morgan fingerprint density at radius 1 is 1.04 bits per heavy atom. The summed E-state index contributed by atoms with van der Waals surface area (Å²) in [6, 6.07) is 15.9. The molecule has 0 aliphatic carbocycles. The van der Waals surface area contributed by atoms with E-state index < -0.39 is 23.7 Å². The predicted octanol–water partition coefficient (Wildman–Crippen LogP) is 4.20. The molecular weight excluding hydrogens is 373 g/mol. The fourth-order valence-electron chi connectivity index (χ4n) is 3.12.